The average Bonchev–Trinajstić information content (AvgIpc) is 2.29. The summed E-state index contributed by atoms with van der Waals surface area (Å²) in [6, 6.07) is 8.39. The number of benzene rings is 1. The minimum absolute atomic E-state index is 0.659. The molecule has 4 heteroatoms. The second-order valence-electron chi connectivity index (χ2n) is 3.59. The summed E-state index contributed by atoms with van der Waals surface area (Å²) in [5.74, 6) is 0. The van der Waals surface area contributed by atoms with Gasteiger partial charge >= 0.3 is 0 Å². The molecule has 0 amide bonds. The molecule has 1 aromatic rings. The standard InChI is InChI=1S/C12H18N2OS/c1-10-3-5-11(6-4-10)9-14-12(16)13-7-8-15-2/h3-6H,7-9H2,1-2H3,(H2,13,14,16). The molecule has 0 aliphatic rings. The average molecular weight is 238 g/mol. The first kappa shape index (κ1) is 12.9. The van der Waals surface area contributed by atoms with Crippen LogP contribution in [0.2, 0.25) is 0 Å². The number of methoxy groups -OCH3 is 1. The highest BCUT2D eigenvalue weighted by Crippen LogP contribution is 2.02. The van der Waals surface area contributed by atoms with Crippen LogP contribution in [0.15, 0.2) is 24.3 Å². The van der Waals surface area contributed by atoms with Gasteiger partial charge in [-0.05, 0) is 24.7 Å². The van der Waals surface area contributed by atoms with Gasteiger partial charge in [0.25, 0.3) is 0 Å². The summed E-state index contributed by atoms with van der Waals surface area (Å²) in [5, 5.41) is 6.87. The Bertz CT molecular complexity index is 324. The molecule has 0 aromatic heterocycles. The summed E-state index contributed by atoms with van der Waals surface area (Å²) in [6.45, 7) is 4.22. The number of nitrogens with one attached hydrogen (secondary N) is 2. The first-order chi connectivity index (χ1) is 7.72. The summed E-state index contributed by atoms with van der Waals surface area (Å²) in [6.07, 6.45) is 0. The van der Waals surface area contributed by atoms with E-state index in [1.165, 1.54) is 11.1 Å². The van der Waals surface area contributed by atoms with E-state index in [0.29, 0.717) is 11.7 Å². The minimum atomic E-state index is 0.659. The molecule has 0 unspecified atom stereocenters. The Hall–Kier alpha value is -1.13. The Morgan fingerprint density at radius 1 is 1.25 bits per heavy atom. The zero-order valence-electron chi connectivity index (χ0n) is 9.75. The van der Waals surface area contributed by atoms with Gasteiger partial charge in [-0.25, -0.2) is 0 Å². The first-order valence-corrected chi connectivity index (χ1v) is 5.69. The largest absolute Gasteiger partial charge is 0.383 e. The monoisotopic (exact) mass is 238 g/mol. The number of thiocarbonyl (C=S) groups is 1. The van der Waals surface area contributed by atoms with Crippen molar-refractivity contribution >= 4 is 17.3 Å². The van der Waals surface area contributed by atoms with Gasteiger partial charge in [0.2, 0.25) is 0 Å². The Kier molecular flexibility index (Phi) is 5.82. The number of aryl methyl sites for hydroxylation is 1. The highest BCUT2D eigenvalue weighted by atomic mass is 32.1. The number of ether oxygens (including phenoxy) is 1. The number of hydrogen-bond donors (Lipinski definition) is 2. The molecule has 0 saturated carbocycles. The third-order valence-electron chi connectivity index (χ3n) is 2.17. The normalized spacial score (nSPS) is 9.88. The van der Waals surface area contributed by atoms with Crippen molar-refractivity contribution in [1.29, 1.82) is 0 Å². The van der Waals surface area contributed by atoms with E-state index >= 15 is 0 Å². The fourth-order valence-corrected chi connectivity index (χ4v) is 1.39. The van der Waals surface area contributed by atoms with Crippen LogP contribution in [-0.2, 0) is 11.3 Å². The quantitative estimate of drug-likeness (QED) is 0.603. The van der Waals surface area contributed by atoms with Crippen LogP contribution >= 0.6 is 12.2 Å². The molecule has 0 atom stereocenters. The smallest absolute Gasteiger partial charge is 0.166 e. The lowest BCUT2D eigenvalue weighted by Gasteiger charge is -2.10. The van der Waals surface area contributed by atoms with Crippen molar-refractivity contribution in [3.63, 3.8) is 0 Å². The van der Waals surface area contributed by atoms with Crippen LogP contribution in [-0.4, -0.2) is 25.4 Å². The maximum atomic E-state index is 5.11. The Balaban J connectivity index is 2.23. The van der Waals surface area contributed by atoms with E-state index in [9.17, 15) is 0 Å². The molecule has 88 valence electrons. The lowest BCUT2D eigenvalue weighted by atomic mass is 10.1. The van der Waals surface area contributed by atoms with Gasteiger partial charge in [-0.1, -0.05) is 29.8 Å². The van der Waals surface area contributed by atoms with E-state index in [1.807, 2.05) is 0 Å². The second-order valence-corrected chi connectivity index (χ2v) is 4.00. The van der Waals surface area contributed by atoms with Crippen molar-refractivity contribution in [2.45, 2.75) is 13.5 Å². The zero-order chi connectivity index (χ0) is 11.8. The van der Waals surface area contributed by atoms with Gasteiger partial charge in [0.1, 0.15) is 0 Å². The molecule has 1 rings (SSSR count). The Morgan fingerprint density at radius 2 is 1.94 bits per heavy atom. The third kappa shape index (κ3) is 5.09. The van der Waals surface area contributed by atoms with E-state index < -0.39 is 0 Å². The summed E-state index contributed by atoms with van der Waals surface area (Å²) in [7, 11) is 1.67. The minimum Gasteiger partial charge on any atom is -0.383 e. The molecule has 0 fully saturated rings. The molecular weight excluding hydrogens is 220 g/mol. The van der Waals surface area contributed by atoms with Gasteiger partial charge in [0.15, 0.2) is 5.11 Å². The van der Waals surface area contributed by atoms with Gasteiger partial charge in [-0.2, -0.15) is 0 Å². The summed E-state index contributed by atoms with van der Waals surface area (Å²) in [4.78, 5) is 0. The topological polar surface area (TPSA) is 33.3 Å². The third-order valence-corrected chi connectivity index (χ3v) is 2.45. The predicted molar refractivity (Wildman–Crippen MR) is 70.5 cm³/mol. The van der Waals surface area contributed by atoms with Crippen molar-refractivity contribution in [1.82, 2.24) is 10.6 Å². The predicted octanol–water partition coefficient (Wildman–Crippen LogP) is 1.61. The van der Waals surface area contributed by atoms with Gasteiger partial charge in [-0.3, -0.25) is 0 Å². The van der Waals surface area contributed by atoms with E-state index in [4.69, 9.17) is 17.0 Å². The Morgan fingerprint density at radius 3 is 2.56 bits per heavy atom. The summed E-state index contributed by atoms with van der Waals surface area (Å²) in [5.41, 5.74) is 2.49. The number of hydrogen-bond acceptors (Lipinski definition) is 2. The van der Waals surface area contributed by atoms with Crippen LogP contribution in [0.3, 0.4) is 0 Å². The van der Waals surface area contributed by atoms with E-state index in [-0.39, 0.29) is 0 Å². The Labute approximate surface area is 102 Å². The highest BCUT2D eigenvalue weighted by Gasteiger charge is 1.95. The van der Waals surface area contributed by atoms with E-state index in [2.05, 4.69) is 41.8 Å². The van der Waals surface area contributed by atoms with Crippen LogP contribution < -0.4 is 10.6 Å². The molecule has 0 aliphatic heterocycles. The zero-order valence-corrected chi connectivity index (χ0v) is 10.6. The van der Waals surface area contributed by atoms with Crippen molar-refractivity contribution < 1.29 is 4.74 Å². The molecule has 0 aliphatic carbocycles. The summed E-state index contributed by atoms with van der Waals surface area (Å²) >= 11 is 5.11. The molecule has 0 saturated heterocycles. The van der Waals surface area contributed by atoms with Crippen molar-refractivity contribution in [3.05, 3.63) is 35.4 Å². The van der Waals surface area contributed by atoms with Crippen LogP contribution in [0.4, 0.5) is 0 Å². The van der Waals surface area contributed by atoms with Crippen molar-refractivity contribution in [2.75, 3.05) is 20.3 Å². The molecule has 0 spiro atoms. The molecule has 0 bridgehead atoms. The first-order valence-electron chi connectivity index (χ1n) is 5.28. The number of rotatable bonds is 5. The summed E-state index contributed by atoms with van der Waals surface area (Å²) < 4.78 is 4.92. The molecular formula is C12H18N2OS. The van der Waals surface area contributed by atoms with Crippen LogP contribution in [0.5, 0.6) is 0 Å². The van der Waals surface area contributed by atoms with E-state index in [1.54, 1.807) is 7.11 Å². The molecule has 16 heavy (non-hydrogen) atoms. The lowest BCUT2D eigenvalue weighted by Crippen LogP contribution is -2.36. The lowest BCUT2D eigenvalue weighted by molar-refractivity contribution is 0.204. The highest BCUT2D eigenvalue weighted by molar-refractivity contribution is 7.80. The van der Waals surface area contributed by atoms with Crippen LogP contribution in [0.25, 0.3) is 0 Å². The maximum absolute atomic E-state index is 5.11. The molecule has 2 N–H and O–H groups in total. The SMILES string of the molecule is COCCNC(=S)NCc1ccc(C)cc1. The molecule has 0 radical (unpaired) electrons. The molecule has 0 heterocycles. The van der Waals surface area contributed by atoms with Crippen molar-refractivity contribution in [2.24, 2.45) is 0 Å². The van der Waals surface area contributed by atoms with Gasteiger partial charge in [0, 0.05) is 20.2 Å². The molecule has 3 nitrogen and oxygen atoms in total. The van der Waals surface area contributed by atoms with Gasteiger partial charge < -0.3 is 15.4 Å². The van der Waals surface area contributed by atoms with Crippen LogP contribution in [0, 0.1) is 6.92 Å². The van der Waals surface area contributed by atoms with E-state index in [0.717, 1.165) is 13.1 Å². The second kappa shape index (κ2) is 7.19. The van der Waals surface area contributed by atoms with Crippen molar-refractivity contribution in [3.8, 4) is 0 Å². The maximum Gasteiger partial charge on any atom is 0.166 e. The van der Waals surface area contributed by atoms with Gasteiger partial charge in [-0.15, -0.1) is 0 Å². The molecule has 1 aromatic carbocycles. The van der Waals surface area contributed by atoms with Gasteiger partial charge in [0.05, 0.1) is 6.61 Å². The van der Waals surface area contributed by atoms with Crippen LogP contribution in [0.1, 0.15) is 11.1 Å². The fraction of sp³-hybridized carbons (Fsp3) is 0.417. The fourth-order valence-electron chi connectivity index (χ4n) is 1.22.